The number of carbonyl (C=O) groups is 2. The molecule has 0 aliphatic heterocycles. The van der Waals surface area contributed by atoms with Crippen LogP contribution in [0.15, 0.2) is 83.4 Å². The first-order chi connectivity index (χ1) is 16.9. The number of ether oxygens (including phenoxy) is 1. The molecule has 0 saturated carbocycles. The van der Waals surface area contributed by atoms with Crippen LogP contribution in [0.25, 0.3) is 22.5 Å². The Hall–Kier alpha value is -4.26. The van der Waals surface area contributed by atoms with Gasteiger partial charge in [-0.15, -0.1) is 0 Å². The molecule has 1 heterocycles. The van der Waals surface area contributed by atoms with Crippen LogP contribution in [0.4, 0.5) is 5.69 Å². The van der Waals surface area contributed by atoms with Crippen molar-refractivity contribution in [2.24, 2.45) is 5.41 Å². The van der Waals surface area contributed by atoms with Gasteiger partial charge in [0.05, 0.1) is 12.5 Å². The number of hydrogen-bond donors (Lipinski definition) is 1. The fourth-order valence-electron chi connectivity index (χ4n) is 3.62. The van der Waals surface area contributed by atoms with Gasteiger partial charge in [0.2, 0.25) is 11.7 Å². The van der Waals surface area contributed by atoms with Crippen LogP contribution in [0.3, 0.4) is 0 Å². The lowest BCUT2D eigenvalue weighted by molar-refractivity contribution is -0.151. The Morgan fingerprint density at radius 1 is 0.886 bits per heavy atom. The normalized spacial score (nSPS) is 11.2. The van der Waals surface area contributed by atoms with Gasteiger partial charge < -0.3 is 14.6 Å². The first-order valence-corrected chi connectivity index (χ1v) is 11.3. The zero-order valence-electron chi connectivity index (χ0n) is 19.9. The molecule has 3 aromatic carbocycles. The average molecular weight is 470 g/mol. The molecule has 0 aliphatic carbocycles. The second-order valence-electron chi connectivity index (χ2n) is 8.86. The number of amides is 1. The SMILES string of the molecule is COC(=O)C(C)(C)CCc1nc(-c2ccc(NC(=O)c3ccc(-c4ccccc4)cc3)cc2)no1. The third kappa shape index (κ3) is 5.81. The number of aromatic nitrogens is 2. The number of aryl methyl sites for hydroxylation is 1. The minimum atomic E-state index is -0.634. The molecule has 0 saturated heterocycles. The summed E-state index contributed by atoms with van der Waals surface area (Å²) in [5.41, 5.74) is 3.52. The van der Waals surface area contributed by atoms with Gasteiger partial charge in [0.1, 0.15) is 0 Å². The van der Waals surface area contributed by atoms with Crippen molar-refractivity contribution >= 4 is 17.6 Å². The molecule has 0 aliphatic rings. The quantitative estimate of drug-likeness (QED) is 0.328. The summed E-state index contributed by atoms with van der Waals surface area (Å²) in [6.07, 6.45) is 0.991. The van der Waals surface area contributed by atoms with Gasteiger partial charge >= 0.3 is 5.97 Å². The number of hydrogen-bond acceptors (Lipinski definition) is 6. The maximum absolute atomic E-state index is 12.7. The summed E-state index contributed by atoms with van der Waals surface area (Å²) in [5, 5.41) is 6.94. The highest BCUT2D eigenvalue weighted by molar-refractivity contribution is 6.04. The van der Waals surface area contributed by atoms with Gasteiger partial charge in [-0.3, -0.25) is 9.59 Å². The molecular weight excluding hydrogens is 442 g/mol. The van der Waals surface area contributed by atoms with Gasteiger partial charge in [0, 0.05) is 23.2 Å². The van der Waals surface area contributed by atoms with Crippen molar-refractivity contribution in [3.63, 3.8) is 0 Å². The lowest BCUT2D eigenvalue weighted by Crippen LogP contribution is -2.26. The highest BCUT2D eigenvalue weighted by atomic mass is 16.5. The van der Waals surface area contributed by atoms with Crippen molar-refractivity contribution in [1.82, 2.24) is 10.1 Å². The Labute approximate surface area is 204 Å². The summed E-state index contributed by atoms with van der Waals surface area (Å²) in [4.78, 5) is 28.9. The number of carbonyl (C=O) groups excluding carboxylic acids is 2. The smallest absolute Gasteiger partial charge is 0.311 e. The number of rotatable bonds is 8. The molecule has 0 spiro atoms. The van der Waals surface area contributed by atoms with Crippen LogP contribution >= 0.6 is 0 Å². The predicted octanol–water partition coefficient (Wildman–Crippen LogP) is 5.79. The lowest BCUT2D eigenvalue weighted by Gasteiger charge is -2.19. The summed E-state index contributed by atoms with van der Waals surface area (Å²) in [6.45, 7) is 3.64. The summed E-state index contributed by atoms with van der Waals surface area (Å²) >= 11 is 0. The number of nitrogens with zero attached hydrogens (tertiary/aromatic N) is 2. The lowest BCUT2D eigenvalue weighted by atomic mass is 9.88. The molecule has 1 amide bonds. The first-order valence-electron chi connectivity index (χ1n) is 11.3. The molecule has 0 radical (unpaired) electrons. The predicted molar refractivity (Wildman–Crippen MR) is 134 cm³/mol. The zero-order valence-corrected chi connectivity index (χ0v) is 19.9. The molecule has 178 valence electrons. The Bertz CT molecular complexity index is 1290. The summed E-state index contributed by atoms with van der Waals surface area (Å²) < 4.78 is 10.2. The van der Waals surface area contributed by atoms with E-state index in [1.54, 1.807) is 12.1 Å². The highest BCUT2D eigenvalue weighted by Gasteiger charge is 2.29. The van der Waals surface area contributed by atoms with E-state index in [4.69, 9.17) is 9.26 Å². The van der Waals surface area contributed by atoms with Gasteiger partial charge in [0.25, 0.3) is 5.91 Å². The Morgan fingerprint density at radius 3 is 2.17 bits per heavy atom. The molecule has 4 aromatic rings. The van der Waals surface area contributed by atoms with E-state index in [9.17, 15) is 9.59 Å². The summed E-state index contributed by atoms with van der Waals surface area (Å²) in [6, 6.07) is 24.7. The van der Waals surface area contributed by atoms with E-state index in [1.165, 1.54) is 7.11 Å². The van der Waals surface area contributed by atoms with Crippen molar-refractivity contribution in [3.05, 3.63) is 90.3 Å². The average Bonchev–Trinajstić information content (AvgIpc) is 3.37. The maximum Gasteiger partial charge on any atom is 0.311 e. The largest absolute Gasteiger partial charge is 0.469 e. The standard InChI is InChI=1S/C28H27N3O4/c1-28(2,27(33)34-3)18-17-24-30-25(31-35-24)21-13-15-23(16-14-21)29-26(32)22-11-9-20(10-12-22)19-7-5-4-6-8-19/h4-16H,17-18H2,1-3H3,(H,29,32). The van der Waals surface area contributed by atoms with Crippen LogP contribution in [0.2, 0.25) is 0 Å². The summed E-state index contributed by atoms with van der Waals surface area (Å²) in [7, 11) is 1.38. The van der Waals surface area contributed by atoms with Crippen molar-refractivity contribution < 1.29 is 18.8 Å². The zero-order chi connectivity index (χ0) is 24.8. The minimum Gasteiger partial charge on any atom is -0.469 e. The maximum atomic E-state index is 12.7. The highest BCUT2D eigenvalue weighted by Crippen LogP contribution is 2.25. The Balaban J connectivity index is 1.36. The Kier molecular flexibility index (Phi) is 7.06. The number of benzene rings is 3. The van der Waals surface area contributed by atoms with Crippen LogP contribution in [0, 0.1) is 5.41 Å². The van der Waals surface area contributed by atoms with Crippen molar-refractivity contribution in [2.45, 2.75) is 26.7 Å². The van der Waals surface area contributed by atoms with Gasteiger partial charge in [-0.25, -0.2) is 0 Å². The molecule has 1 aromatic heterocycles. The molecule has 35 heavy (non-hydrogen) atoms. The van der Waals surface area contributed by atoms with E-state index < -0.39 is 5.41 Å². The minimum absolute atomic E-state index is 0.188. The van der Waals surface area contributed by atoms with Gasteiger partial charge in [-0.05, 0) is 67.8 Å². The van der Waals surface area contributed by atoms with Crippen LogP contribution < -0.4 is 5.32 Å². The molecule has 0 bridgehead atoms. The van der Waals surface area contributed by atoms with Crippen LogP contribution in [-0.2, 0) is 16.0 Å². The van der Waals surface area contributed by atoms with Crippen LogP contribution in [0.1, 0.15) is 36.5 Å². The Morgan fingerprint density at radius 2 is 1.51 bits per heavy atom. The third-order valence-corrected chi connectivity index (χ3v) is 5.83. The molecule has 4 rings (SSSR count). The monoisotopic (exact) mass is 469 g/mol. The van der Waals surface area contributed by atoms with E-state index in [2.05, 4.69) is 15.5 Å². The molecule has 0 atom stereocenters. The first kappa shape index (κ1) is 23.9. The van der Waals surface area contributed by atoms with E-state index >= 15 is 0 Å². The molecule has 7 heteroatoms. The number of methoxy groups -OCH3 is 1. The molecule has 0 fully saturated rings. The van der Waals surface area contributed by atoms with E-state index in [0.717, 1.165) is 16.7 Å². The van der Waals surface area contributed by atoms with Crippen molar-refractivity contribution in [3.8, 4) is 22.5 Å². The number of nitrogens with one attached hydrogen (secondary N) is 1. The van der Waals surface area contributed by atoms with E-state index in [-0.39, 0.29) is 11.9 Å². The van der Waals surface area contributed by atoms with E-state index in [1.807, 2.05) is 80.6 Å². The fourth-order valence-corrected chi connectivity index (χ4v) is 3.62. The van der Waals surface area contributed by atoms with E-state index in [0.29, 0.717) is 35.8 Å². The van der Waals surface area contributed by atoms with Gasteiger partial charge in [-0.2, -0.15) is 4.98 Å². The van der Waals surface area contributed by atoms with Gasteiger partial charge in [-0.1, -0.05) is 47.6 Å². The molecular formula is C28H27N3O4. The molecule has 7 nitrogen and oxygen atoms in total. The second-order valence-corrected chi connectivity index (χ2v) is 8.86. The topological polar surface area (TPSA) is 94.3 Å². The van der Waals surface area contributed by atoms with Crippen LogP contribution in [0.5, 0.6) is 0 Å². The third-order valence-electron chi connectivity index (χ3n) is 5.83. The number of esters is 1. The van der Waals surface area contributed by atoms with Crippen LogP contribution in [-0.4, -0.2) is 29.1 Å². The second kappa shape index (κ2) is 10.3. The molecule has 1 N–H and O–H groups in total. The summed E-state index contributed by atoms with van der Waals surface area (Å²) in [5.74, 6) is 0.438. The van der Waals surface area contributed by atoms with Gasteiger partial charge in [0.15, 0.2) is 0 Å². The van der Waals surface area contributed by atoms with Crippen molar-refractivity contribution in [2.75, 3.05) is 12.4 Å². The fraction of sp³-hybridized carbons (Fsp3) is 0.214. The number of anilines is 1. The van der Waals surface area contributed by atoms with Crippen molar-refractivity contribution in [1.29, 1.82) is 0 Å². The molecule has 0 unspecified atom stereocenters.